The Morgan fingerprint density at radius 1 is 1.28 bits per heavy atom. The highest BCUT2D eigenvalue weighted by molar-refractivity contribution is 6.35. The number of nitrogens with one attached hydrogen (secondary N) is 1. The summed E-state index contributed by atoms with van der Waals surface area (Å²) in [5.41, 5.74) is 0.938. The van der Waals surface area contributed by atoms with Crippen LogP contribution in [0.15, 0.2) is 41.0 Å². The average molecular weight is 286 g/mol. The molecule has 0 aliphatic carbocycles. The van der Waals surface area contributed by atoms with Crippen molar-refractivity contribution in [2.45, 2.75) is 12.6 Å². The number of benzene rings is 1. The Labute approximate surface area is 115 Å². The normalized spacial score (nSPS) is 12.6. The molecule has 0 bridgehead atoms. The fraction of sp³-hybridized carbons (Fsp3) is 0.231. The van der Waals surface area contributed by atoms with E-state index < -0.39 is 6.10 Å². The minimum Gasteiger partial charge on any atom is -0.467 e. The van der Waals surface area contributed by atoms with Gasteiger partial charge in [0.15, 0.2) is 0 Å². The van der Waals surface area contributed by atoms with Crippen LogP contribution in [0.25, 0.3) is 0 Å². The molecule has 0 aliphatic rings. The number of aliphatic hydroxyl groups excluding tert-OH is 1. The largest absolute Gasteiger partial charge is 0.467 e. The Hall–Kier alpha value is -1.00. The van der Waals surface area contributed by atoms with Crippen molar-refractivity contribution in [2.24, 2.45) is 0 Å². The van der Waals surface area contributed by atoms with Gasteiger partial charge in [-0.3, -0.25) is 0 Å². The summed E-state index contributed by atoms with van der Waals surface area (Å²) in [6, 6.07) is 8.82. The minimum atomic E-state index is -0.661. The molecular weight excluding hydrogens is 273 g/mol. The molecule has 0 amide bonds. The molecule has 0 aliphatic heterocycles. The minimum absolute atomic E-state index is 0.395. The Balaban J connectivity index is 1.85. The van der Waals surface area contributed by atoms with Crippen LogP contribution < -0.4 is 5.32 Å². The van der Waals surface area contributed by atoms with Gasteiger partial charge in [0, 0.05) is 23.1 Å². The summed E-state index contributed by atoms with van der Waals surface area (Å²) >= 11 is 11.9. The van der Waals surface area contributed by atoms with Gasteiger partial charge in [0.05, 0.1) is 6.26 Å². The van der Waals surface area contributed by atoms with Crippen molar-refractivity contribution >= 4 is 23.2 Å². The highest BCUT2D eigenvalue weighted by Crippen LogP contribution is 2.21. The van der Waals surface area contributed by atoms with Crippen molar-refractivity contribution in [3.63, 3.8) is 0 Å². The first-order valence-electron chi connectivity index (χ1n) is 5.53. The summed E-state index contributed by atoms with van der Waals surface area (Å²) < 4.78 is 5.10. The van der Waals surface area contributed by atoms with Crippen LogP contribution in [-0.2, 0) is 6.54 Å². The Morgan fingerprint density at radius 2 is 2.11 bits per heavy atom. The van der Waals surface area contributed by atoms with Crippen molar-refractivity contribution in [2.75, 3.05) is 6.54 Å². The maximum Gasteiger partial charge on any atom is 0.133 e. The van der Waals surface area contributed by atoms with Gasteiger partial charge in [-0.15, -0.1) is 0 Å². The van der Waals surface area contributed by atoms with Gasteiger partial charge in [0.2, 0.25) is 0 Å². The van der Waals surface area contributed by atoms with Crippen LogP contribution in [0.4, 0.5) is 0 Å². The molecule has 5 heteroatoms. The fourth-order valence-electron chi connectivity index (χ4n) is 1.59. The van der Waals surface area contributed by atoms with Crippen molar-refractivity contribution in [1.29, 1.82) is 0 Å². The topological polar surface area (TPSA) is 45.4 Å². The van der Waals surface area contributed by atoms with Crippen molar-refractivity contribution in [3.05, 3.63) is 58.0 Å². The van der Waals surface area contributed by atoms with E-state index >= 15 is 0 Å². The third kappa shape index (κ3) is 3.50. The molecule has 1 unspecified atom stereocenters. The molecule has 2 rings (SSSR count). The van der Waals surface area contributed by atoms with Crippen LogP contribution in [0, 0.1) is 0 Å². The maximum absolute atomic E-state index is 9.79. The van der Waals surface area contributed by atoms with E-state index in [4.69, 9.17) is 27.6 Å². The van der Waals surface area contributed by atoms with Crippen LogP contribution in [0.2, 0.25) is 10.0 Å². The summed E-state index contributed by atoms with van der Waals surface area (Å²) in [6.45, 7) is 0.959. The molecule has 1 aromatic carbocycles. The van der Waals surface area contributed by atoms with E-state index in [1.165, 1.54) is 6.26 Å². The van der Waals surface area contributed by atoms with Crippen LogP contribution in [-0.4, -0.2) is 11.7 Å². The van der Waals surface area contributed by atoms with Crippen LogP contribution >= 0.6 is 23.2 Å². The van der Waals surface area contributed by atoms with Crippen molar-refractivity contribution in [1.82, 2.24) is 5.32 Å². The van der Waals surface area contributed by atoms with Crippen LogP contribution in [0.3, 0.4) is 0 Å². The maximum atomic E-state index is 9.79. The predicted octanol–water partition coefficient (Wildman–Crippen LogP) is 3.41. The van der Waals surface area contributed by atoms with Gasteiger partial charge in [-0.1, -0.05) is 29.3 Å². The lowest BCUT2D eigenvalue weighted by molar-refractivity contribution is 0.147. The Morgan fingerprint density at radius 3 is 2.78 bits per heavy atom. The zero-order chi connectivity index (χ0) is 13.0. The second-order valence-corrected chi connectivity index (χ2v) is 4.74. The highest BCUT2D eigenvalue weighted by atomic mass is 35.5. The van der Waals surface area contributed by atoms with E-state index in [1.807, 2.05) is 6.07 Å². The first-order chi connectivity index (χ1) is 8.66. The average Bonchev–Trinajstić information content (AvgIpc) is 2.85. The molecule has 3 nitrogen and oxygen atoms in total. The standard InChI is InChI=1S/C13H13Cl2NO2/c14-10-4-3-9(11(15)6-10)7-16-8-12(17)13-2-1-5-18-13/h1-6,12,16-17H,7-8H2. The number of hydrogen-bond donors (Lipinski definition) is 2. The summed E-state index contributed by atoms with van der Waals surface area (Å²) in [5, 5.41) is 14.1. The Kier molecular flexibility index (Phi) is 4.66. The highest BCUT2D eigenvalue weighted by Gasteiger charge is 2.09. The zero-order valence-electron chi connectivity index (χ0n) is 9.57. The van der Waals surface area contributed by atoms with Gasteiger partial charge in [0.25, 0.3) is 0 Å². The van der Waals surface area contributed by atoms with Gasteiger partial charge in [0.1, 0.15) is 11.9 Å². The molecule has 2 aromatic rings. The van der Waals surface area contributed by atoms with E-state index in [2.05, 4.69) is 5.32 Å². The molecule has 1 heterocycles. The van der Waals surface area contributed by atoms with E-state index in [0.29, 0.717) is 28.9 Å². The summed E-state index contributed by atoms with van der Waals surface area (Å²) in [7, 11) is 0. The second kappa shape index (κ2) is 6.25. The summed E-state index contributed by atoms with van der Waals surface area (Å²) in [6.07, 6.45) is 0.875. The van der Waals surface area contributed by atoms with E-state index in [9.17, 15) is 5.11 Å². The number of aliphatic hydroxyl groups is 1. The summed E-state index contributed by atoms with van der Waals surface area (Å²) in [4.78, 5) is 0. The molecule has 0 fully saturated rings. The molecule has 0 spiro atoms. The smallest absolute Gasteiger partial charge is 0.133 e. The van der Waals surface area contributed by atoms with E-state index in [1.54, 1.807) is 24.3 Å². The molecule has 96 valence electrons. The lowest BCUT2D eigenvalue weighted by Gasteiger charge is -2.10. The Bertz CT molecular complexity index is 500. The molecule has 1 atom stereocenters. The van der Waals surface area contributed by atoms with Gasteiger partial charge in [-0.25, -0.2) is 0 Å². The summed E-state index contributed by atoms with van der Waals surface area (Å²) in [5.74, 6) is 0.546. The molecule has 2 N–H and O–H groups in total. The van der Waals surface area contributed by atoms with Gasteiger partial charge < -0.3 is 14.8 Å². The predicted molar refractivity (Wildman–Crippen MR) is 71.8 cm³/mol. The first kappa shape index (κ1) is 13.4. The number of halogens is 2. The zero-order valence-corrected chi connectivity index (χ0v) is 11.1. The lowest BCUT2D eigenvalue weighted by Crippen LogP contribution is -2.20. The fourth-order valence-corrected chi connectivity index (χ4v) is 2.07. The monoisotopic (exact) mass is 285 g/mol. The molecule has 1 aromatic heterocycles. The molecule has 0 saturated heterocycles. The van der Waals surface area contributed by atoms with E-state index in [0.717, 1.165) is 5.56 Å². The van der Waals surface area contributed by atoms with Crippen LogP contribution in [0.5, 0.6) is 0 Å². The number of furan rings is 1. The molecule has 0 saturated carbocycles. The quantitative estimate of drug-likeness (QED) is 0.885. The number of hydrogen-bond acceptors (Lipinski definition) is 3. The van der Waals surface area contributed by atoms with Gasteiger partial charge in [-0.2, -0.15) is 0 Å². The van der Waals surface area contributed by atoms with Gasteiger partial charge >= 0.3 is 0 Å². The first-order valence-corrected chi connectivity index (χ1v) is 6.28. The number of rotatable bonds is 5. The van der Waals surface area contributed by atoms with Crippen LogP contribution in [0.1, 0.15) is 17.4 Å². The SMILES string of the molecule is OC(CNCc1ccc(Cl)cc1Cl)c1ccco1. The molecule has 18 heavy (non-hydrogen) atoms. The molecular formula is C13H13Cl2NO2. The lowest BCUT2D eigenvalue weighted by atomic mass is 10.2. The second-order valence-electron chi connectivity index (χ2n) is 3.90. The third-order valence-electron chi connectivity index (χ3n) is 2.54. The van der Waals surface area contributed by atoms with Gasteiger partial charge in [-0.05, 0) is 29.8 Å². The van der Waals surface area contributed by atoms with Crippen molar-refractivity contribution in [3.8, 4) is 0 Å². The van der Waals surface area contributed by atoms with Crippen molar-refractivity contribution < 1.29 is 9.52 Å². The third-order valence-corrected chi connectivity index (χ3v) is 3.13. The molecule has 0 radical (unpaired) electrons. The van der Waals surface area contributed by atoms with E-state index in [-0.39, 0.29) is 0 Å².